The minimum atomic E-state index is -0.258. The lowest BCUT2D eigenvalue weighted by Gasteiger charge is -2.20. The molecule has 0 saturated carbocycles. The molecule has 2 rings (SSSR count). The van der Waals surface area contributed by atoms with E-state index in [0.717, 1.165) is 29.4 Å². The molecular weight excluding hydrogens is 353 g/mol. The van der Waals surface area contributed by atoms with E-state index < -0.39 is 0 Å². The maximum absolute atomic E-state index is 14.2. The molecule has 0 bridgehead atoms. The van der Waals surface area contributed by atoms with E-state index in [1.165, 1.54) is 6.07 Å². The molecule has 1 nitrogen and oxygen atoms in total. The molecular formula is C17H18BrClFN. The van der Waals surface area contributed by atoms with Crippen molar-refractivity contribution in [2.45, 2.75) is 25.8 Å². The van der Waals surface area contributed by atoms with Crippen molar-refractivity contribution in [3.8, 4) is 0 Å². The maximum Gasteiger partial charge on any atom is 0.129 e. The summed E-state index contributed by atoms with van der Waals surface area (Å²) < 4.78 is 15.2. The van der Waals surface area contributed by atoms with Gasteiger partial charge in [0, 0.05) is 21.1 Å². The summed E-state index contributed by atoms with van der Waals surface area (Å²) in [7, 11) is 0. The first-order valence-corrected chi connectivity index (χ1v) is 8.20. The summed E-state index contributed by atoms with van der Waals surface area (Å²) in [6.45, 7) is 2.95. The van der Waals surface area contributed by atoms with Crippen LogP contribution in [0.3, 0.4) is 0 Å². The van der Waals surface area contributed by atoms with E-state index in [9.17, 15) is 4.39 Å². The second-order valence-corrected chi connectivity index (χ2v) is 6.36. The third kappa shape index (κ3) is 4.80. The van der Waals surface area contributed by atoms with E-state index in [1.807, 2.05) is 12.1 Å². The van der Waals surface area contributed by atoms with E-state index in [-0.39, 0.29) is 11.9 Å². The van der Waals surface area contributed by atoms with Gasteiger partial charge in [-0.3, -0.25) is 0 Å². The highest BCUT2D eigenvalue weighted by atomic mass is 79.9. The first-order chi connectivity index (χ1) is 10.1. The lowest BCUT2D eigenvalue weighted by Crippen LogP contribution is -2.25. The summed E-state index contributed by atoms with van der Waals surface area (Å²) >= 11 is 9.31. The summed E-state index contributed by atoms with van der Waals surface area (Å²) in [6.07, 6.45) is 1.74. The van der Waals surface area contributed by atoms with Gasteiger partial charge in [0.15, 0.2) is 0 Å². The van der Waals surface area contributed by atoms with Gasteiger partial charge in [-0.05, 0) is 49.2 Å². The molecule has 0 spiro atoms. The number of nitrogens with one attached hydrogen (secondary N) is 1. The van der Waals surface area contributed by atoms with E-state index in [0.29, 0.717) is 10.6 Å². The van der Waals surface area contributed by atoms with Crippen molar-refractivity contribution < 1.29 is 4.39 Å². The fourth-order valence-electron chi connectivity index (χ4n) is 2.29. The standard InChI is InChI=1S/C17H18BrClFN/c1-2-8-21-17(10-12-4-3-5-13(18)9-12)15-7-6-14(19)11-16(15)20/h3-7,9,11,17,21H,2,8,10H2,1H3. The van der Waals surface area contributed by atoms with Gasteiger partial charge in [-0.15, -0.1) is 0 Å². The first kappa shape index (κ1) is 16.5. The van der Waals surface area contributed by atoms with Crippen LogP contribution < -0.4 is 5.32 Å². The number of benzene rings is 2. The van der Waals surface area contributed by atoms with Crippen molar-refractivity contribution in [1.82, 2.24) is 5.32 Å². The zero-order valence-electron chi connectivity index (χ0n) is 11.9. The highest BCUT2D eigenvalue weighted by Crippen LogP contribution is 2.25. The van der Waals surface area contributed by atoms with Crippen LogP contribution in [-0.2, 0) is 6.42 Å². The van der Waals surface area contributed by atoms with E-state index in [1.54, 1.807) is 12.1 Å². The van der Waals surface area contributed by atoms with Crippen molar-refractivity contribution in [2.75, 3.05) is 6.54 Å². The lowest BCUT2D eigenvalue weighted by molar-refractivity contribution is 0.497. The predicted octanol–water partition coefficient (Wildman–Crippen LogP) is 5.53. The van der Waals surface area contributed by atoms with Gasteiger partial charge in [0.25, 0.3) is 0 Å². The Labute approximate surface area is 138 Å². The fourth-order valence-corrected chi connectivity index (χ4v) is 2.90. The third-order valence-corrected chi connectivity index (χ3v) is 4.04. The molecule has 4 heteroatoms. The smallest absolute Gasteiger partial charge is 0.129 e. The van der Waals surface area contributed by atoms with Crippen LogP contribution in [0.2, 0.25) is 5.02 Å². The van der Waals surface area contributed by atoms with Gasteiger partial charge in [0.05, 0.1) is 0 Å². The zero-order chi connectivity index (χ0) is 15.2. The minimum absolute atomic E-state index is 0.0588. The molecule has 0 aliphatic carbocycles. The quantitative estimate of drug-likeness (QED) is 0.705. The Morgan fingerprint density at radius 2 is 2.05 bits per heavy atom. The molecule has 21 heavy (non-hydrogen) atoms. The minimum Gasteiger partial charge on any atom is -0.310 e. The fraction of sp³-hybridized carbons (Fsp3) is 0.294. The summed E-state index contributed by atoms with van der Waals surface area (Å²) in [5.41, 5.74) is 1.82. The summed E-state index contributed by atoms with van der Waals surface area (Å²) in [5, 5.41) is 3.84. The van der Waals surface area contributed by atoms with Crippen molar-refractivity contribution in [3.63, 3.8) is 0 Å². The molecule has 2 aromatic rings. The molecule has 0 fully saturated rings. The largest absolute Gasteiger partial charge is 0.310 e. The molecule has 1 N–H and O–H groups in total. The van der Waals surface area contributed by atoms with E-state index in [4.69, 9.17) is 11.6 Å². The van der Waals surface area contributed by atoms with Crippen LogP contribution in [-0.4, -0.2) is 6.54 Å². The normalized spacial score (nSPS) is 12.4. The number of hydrogen-bond donors (Lipinski definition) is 1. The highest BCUT2D eigenvalue weighted by molar-refractivity contribution is 9.10. The van der Waals surface area contributed by atoms with Crippen molar-refractivity contribution in [2.24, 2.45) is 0 Å². The van der Waals surface area contributed by atoms with Crippen LogP contribution in [0.4, 0.5) is 4.39 Å². The van der Waals surface area contributed by atoms with Crippen molar-refractivity contribution >= 4 is 27.5 Å². The zero-order valence-corrected chi connectivity index (χ0v) is 14.2. The van der Waals surface area contributed by atoms with Gasteiger partial charge >= 0.3 is 0 Å². The Hall–Kier alpha value is -0.900. The molecule has 0 amide bonds. The Kier molecular flexibility index (Phi) is 6.22. The predicted molar refractivity (Wildman–Crippen MR) is 90.3 cm³/mol. The van der Waals surface area contributed by atoms with Gasteiger partial charge < -0.3 is 5.32 Å². The van der Waals surface area contributed by atoms with Crippen molar-refractivity contribution in [1.29, 1.82) is 0 Å². The van der Waals surface area contributed by atoms with Crippen LogP contribution >= 0.6 is 27.5 Å². The maximum atomic E-state index is 14.2. The van der Waals surface area contributed by atoms with Crippen LogP contribution in [0.1, 0.15) is 30.5 Å². The number of rotatable bonds is 6. The molecule has 0 aliphatic rings. The average molecular weight is 371 g/mol. The average Bonchev–Trinajstić information content (AvgIpc) is 2.44. The lowest BCUT2D eigenvalue weighted by atomic mass is 9.98. The molecule has 1 atom stereocenters. The highest BCUT2D eigenvalue weighted by Gasteiger charge is 2.16. The summed E-state index contributed by atoms with van der Waals surface area (Å²) in [4.78, 5) is 0. The third-order valence-electron chi connectivity index (χ3n) is 3.31. The topological polar surface area (TPSA) is 12.0 Å². The van der Waals surface area contributed by atoms with Crippen LogP contribution in [0.25, 0.3) is 0 Å². The van der Waals surface area contributed by atoms with Crippen LogP contribution in [0.5, 0.6) is 0 Å². The summed E-state index contributed by atoms with van der Waals surface area (Å²) in [6, 6.07) is 12.9. The van der Waals surface area contributed by atoms with Gasteiger partial charge in [0.1, 0.15) is 5.82 Å². The molecule has 2 aromatic carbocycles. The molecule has 1 unspecified atom stereocenters. The second-order valence-electron chi connectivity index (χ2n) is 5.01. The number of halogens is 3. The molecule has 0 aromatic heterocycles. The molecule has 112 valence electrons. The Balaban J connectivity index is 2.25. The van der Waals surface area contributed by atoms with Crippen LogP contribution in [0.15, 0.2) is 46.9 Å². The van der Waals surface area contributed by atoms with Crippen molar-refractivity contribution in [3.05, 3.63) is 68.9 Å². The Bertz CT molecular complexity index is 603. The molecule has 0 aliphatic heterocycles. The Morgan fingerprint density at radius 1 is 1.24 bits per heavy atom. The van der Waals surface area contributed by atoms with E-state index >= 15 is 0 Å². The van der Waals surface area contributed by atoms with Gasteiger partial charge in [-0.1, -0.05) is 52.7 Å². The van der Waals surface area contributed by atoms with Gasteiger partial charge in [-0.2, -0.15) is 0 Å². The Morgan fingerprint density at radius 3 is 2.71 bits per heavy atom. The second kappa shape index (κ2) is 7.92. The SMILES string of the molecule is CCCNC(Cc1cccc(Br)c1)c1ccc(Cl)cc1F. The summed E-state index contributed by atoms with van der Waals surface area (Å²) in [5.74, 6) is -0.258. The number of hydrogen-bond acceptors (Lipinski definition) is 1. The van der Waals surface area contributed by atoms with Gasteiger partial charge in [-0.25, -0.2) is 4.39 Å². The van der Waals surface area contributed by atoms with Gasteiger partial charge in [0.2, 0.25) is 0 Å². The first-order valence-electron chi connectivity index (χ1n) is 7.03. The molecule has 0 heterocycles. The molecule has 0 saturated heterocycles. The molecule has 0 radical (unpaired) electrons. The van der Waals surface area contributed by atoms with E-state index in [2.05, 4.69) is 40.3 Å². The van der Waals surface area contributed by atoms with Crippen LogP contribution in [0, 0.1) is 5.82 Å². The monoisotopic (exact) mass is 369 g/mol.